The number of esters is 1. The van der Waals surface area contributed by atoms with Crippen LogP contribution in [0.1, 0.15) is 10.4 Å². The molecule has 0 bridgehead atoms. The van der Waals surface area contributed by atoms with E-state index in [9.17, 15) is 22.9 Å². The Hall–Kier alpha value is -2.00. The van der Waals surface area contributed by atoms with Gasteiger partial charge in [0.25, 0.3) is 10.1 Å². The van der Waals surface area contributed by atoms with Crippen molar-refractivity contribution in [2.75, 3.05) is 7.11 Å². The molecule has 0 heterocycles. The molecule has 10 heteroatoms. The van der Waals surface area contributed by atoms with E-state index >= 15 is 0 Å². The Bertz CT molecular complexity index is 895. The lowest BCUT2D eigenvalue weighted by molar-refractivity contribution is 0.0729. The maximum atomic E-state index is 12.1. The minimum absolute atomic E-state index is 0.119. The lowest BCUT2D eigenvalue weighted by Gasteiger charge is -2.15. The Labute approximate surface area is 147 Å². The zero-order chi connectivity index (χ0) is 18.1. The number of carbonyl (C=O) groups excluding carboxylic acids is 1. The van der Waals surface area contributed by atoms with E-state index in [4.69, 9.17) is 32.7 Å². The summed E-state index contributed by atoms with van der Waals surface area (Å²) in [5.41, 5.74) is 0.119. The van der Waals surface area contributed by atoms with E-state index in [1.165, 1.54) is 12.1 Å². The molecule has 0 saturated heterocycles. The molecule has 0 fully saturated rings. The van der Waals surface area contributed by atoms with Gasteiger partial charge in [0, 0.05) is 0 Å². The van der Waals surface area contributed by atoms with E-state index in [0.717, 1.165) is 7.11 Å². The quantitative estimate of drug-likeness (QED) is 0.466. The third-order valence-corrected chi connectivity index (χ3v) is 4.62. The van der Waals surface area contributed by atoms with Gasteiger partial charge >= 0.3 is 5.97 Å². The predicted molar refractivity (Wildman–Crippen MR) is 85.9 cm³/mol. The van der Waals surface area contributed by atoms with Gasteiger partial charge in [-0.05, 0) is 12.1 Å². The molecule has 0 atom stereocenters. The number of hydrogen-bond donors (Lipinski definition) is 2. The number of carbonyl (C=O) groups is 1. The third-order valence-electron chi connectivity index (χ3n) is 2.89. The highest BCUT2D eigenvalue weighted by molar-refractivity contribution is 7.86. The SMILES string of the molecule is COc1c(Cl)c(O)c(OC(=O)c2ccccc2)c(Cl)c1S(=O)(=O)O. The molecule has 24 heavy (non-hydrogen) atoms. The van der Waals surface area contributed by atoms with Crippen LogP contribution < -0.4 is 9.47 Å². The first-order chi connectivity index (χ1) is 11.2. The molecule has 2 aromatic rings. The molecule has 2 rings (SSSR count). The van der Waals surface area contributed by atoms with Crippen molar-refractivity contribution in [2.45, 2.75) is 4.90 Å². The van der Waals surface area contributed by atoms with Crippen molar-refractivity contribution in [1.82, 2.24) is 0 Å². The number of methoxy groups -OCH3 is 1. The van der Waals surface area contributed by atoms with Crippen molar-refractivity contribution in [1.29, 1.82) is 0 Å². The highest BCUT2D eigenvalue weighted by atomic mass is 35.5. The normalized spacial score (nSPS) is 11.2. The standard InChI is InChI=1S/C14H10Cl2O7S/c1-22-12-8(15)10(17)11(9(16)13(12)24(19,20)21)23-14(18)7-5-3-2-4-6-7/h2-6,17H,1H3,(H,19,20,21). The number of ether oxygens (including phenoxy) is 2. The molecule has 0 aliphatic rings. The van der Waals surface area contributed by atoms with Crippen LogP contribution in [0.2, 0.25) is 10.0 Å². The first-order valence-electron chi connectivity index (χ1n) is 6.21. The van der Waals surface area contributed by atoms with Crippen LogP contribution in [-0.2, 0) is 10.1 Å². The van der Waals surface area contributed by atoms with E-state index in [1.54, 1.807) is 18.2 Å². The maximum Gasteiger partial charge on any atom is 0.343 e. The van der Waals surface area contributed by atoms with Crippen LogP contribution in [-0.4, -0.2) is 31.2 Å². The summed E-state index contributed by atoms with van der Waals surface area (Å²) in [6.45, 7) is 0. The number of phenols is 1. The summed E-state index contributed by atoms with van der Waals surface area (Å²) < 4.78 is 42.0. The van der Waals surface area contributed by atoms with Gasteiger partial charge in [-0.25, -0.2) is 4.79 Å². The molecule has 0 aromatic heterocycles. The second kappa shape index (κ2) is 6.86. The lowest BCUT2D eigenvalue weighted by Crippen LogP contribution is -2.11. The van der Waals surface area contributed by atoms with Gasteiger partial charge in [-0.15, -0.1) is 0 Å². The average molecular weight is 393 g/mol. The van der Waals surface area contributed by atoms with Crippen molar-refractivity contribution in [3.8, 4) is 17.2 Å². The molecule has 0 radical (unpaired) electrons. The fourth-order valence-electron chi connectivity index (χ4n) is 1.85. The molecule has 0 aliphatic carbocycles. The summed E-state index contributed by atoms with van der Waals surface area (Å²) in [4.78, 5) is 11.1. The summed E-state index contributed by atoms with van der Waals surface area (Å²) in [5, 5.41) is 8.68. The van der Waals surface area contributed by atoms with E-state index in [-0.39, 0.29) is 5.56 Å². The van der Waals surface area contributed by atoms with Gasteiger partial charge in [-0.3, -0.25) is 4.55 Å². The van der Waals surface area contributed by atoms with Crippen molar-refractivity contribution in [3.05, 3.63) is 45.9 Å². The molecule has 2 aromatic carbocycles. The number of aromatic hydroxyl groups is 1. The zero-order valence-electron chi connectivity index (χ0n) is 12.0. The first-order valence-corrected chi connectivity index (χ1v) is 8.40. The molecule has 2 N–H and O–H groups in total. The third kappa shape index (κ3) is 3.41. The highest BCUT2D eigenvalue weighted by Gasteiger charge is 2.32. The van der Waals surface area contributed by atoms with Crippen LogP contribution in [0.5, 0.6) is 17.2 Å². The largest absolute Gasteiger partial charge is 0.503 e. The molecule has 128 valence electrons. The van der Waals surface area contributed by atoms with E-state index in [2.05, 4.69) is 0 Å². The summed E-state index contributed by atoms with van der Waals surface area (Å²) >= 11 is 11.7. The molecular formula is C14H10Cl2O7S. The number of phenolic OH excluding ortho intramolecular Hbond substituents is 1. The summed E-state index contributed by atoms with van der Waals surface area (Å²) in [5.74, 6) is -3.03. The van der Waals surface area contributed by atoms with E-state index in [1.807, 2.05) is 0 Å². The Morgan fingerprint density at radius 1 is 1.08 bits per heavy atom. The fourth-order valence-corrected chi connectivity index (χ4v) is 3.40. The minimum atomic E-state index is -4.88. The van der Waals surface area contributed by atoms with E-state index < -0.39 is 48.3 Å². The topological polar surface area (TPSA) is 110 Å². The van der Waals surface area contributed by atoms with Crippen LogP contribution in [0.15, 0.2) is 35.2 Å². The van der Waals surface area contributed by atoms with Gasteiger partial charge in [0.2, 0.25) is 0 Å². The van der Waals surface area contributed by atoms with Gasteiger partial charge in [0.15, 0.2) is 22.1 Å². The maximum absolute atomic E-state index is 12.1. The number of hydrogen-bond acceptors (Lipinski definition) is 6. The van der Waals surface area contributed by atoms with Crippen molar-refractivity contribution in [3.63, 3.8) is 0 Å². The highest BCUT2D eigenvalue weighted by Crippen LogP contribution is 2.50. The average Bonchev–Trinajstić information content (AvgIpc) is 2.54. The Kier molecular flexibility index (Phi) is 5.24. The number of benzene rings is 2. The molecule has 0 amide bonds. The van der Waals surface area contributed by atoms with Crippen LogP contribution in [0.4, 0.5) is 0 Å². The lowest BCUT2D eigenvalue weighted by atomic mass is 10.2. The Balaban J connectivity index is 2.63. The first kappa shape index (κ1) is 18.3. The minimum Gasteiger partial charge on any atom is -0.503 e. The van der Waals surface area contributed by atoms with Gasteiger partial charge in [-0.2, -0.15) is 8.42 Å². The van der Waals surface area contributed by atoms with Crippen LogP contribution >= 0.6 is 23.2 Å². The Morgan fingerprint density at radius 2 is 1.67 bits per heavy atom. The van der Waals surface area contributed by atoms with Crippen molar-refractivity contribution >= 4 is 39.3 Å². The summed E-state index contributed by atoms with van der Waals surface area (Å²) in [6, 6.07) is 7.68. The van der Waals surface area contributed by atoms with Gasteiger partial charge in [-0.1, -0.05) is 41.4 Å². The fraction of sp³-hybridized carbons (Fsp3) is 0.0714. The predicted octanol–water partition coefficient (Wildman–Crippen LogP) is 3.17. The van der Waals surface area contributed by atoms with Gasteiger partial charge in [0.1, 0.15) is 10.0 Å². The molecule has 0 aliphatic heterocycles. The number of halogens is 2. The van der Waals surface area contributed by atoms with Crippen molar-refractivity contribution in [2.24, 2.45) is 0 Å². The van der Waals surface area contributed by atoms with Crippen LogP contribution in [0.25, 0.3) is 0 Å². The van der Waals surface area contributed by atoms with Crippen LogP contribution in [0.3, 0.4) is 0 Å². The monoisotopic (exact) mass is 392 g/mol. The van der Waals surface area contributed by atoms with Gasteiger partial charge < -0.3 is 14.6 Å². The summed E-state index contributed by atoms with van der Waals surface area (Å²) in [7, 11) is -3.83. The zero-order valence-corrected chi connectivity index (χ0v) is 14.3. The van der Waals surface area contributed by atoms with E-state index in [0.29, 0.717) is 0 Å². The van der Waals surface area contributed by atoms with Crippen molar-refractivity contribution < 1.29 is 32.3 Å². The molecule has 0 unspecified atom stereocenters. The molecule has 0 spiro atoms. The Morgan fingerprint density at radius 3 is 2.17 bits per heavy atom. The van der Waals surface area contributed by atoms with Crippen LogP contribution in [0, 0.1) is 0 Å². The summed E-state index contributed by atoms with van der Waals surface area (Å²) in [6.07, 6.45) is 0. The molecule has 7 nitrogen and oxygen atoms in total. The second-order valence-electron chi connectivity index (χ2n) is 4.40. The van der Waals surface area contributed by atoms with Gasteiger partial charge in [0.05, 0.1) is 12.7 Å². The second-order valence-corrected chi connectivity index (χ2v) is 6.51. The molecule has 0 saturated carbocycles. The molecular weight excluding hydrogens is 383 g/mol. The smallest absolute Gasteiger partial charge is 0.343 e. The number of rotatable bonds is 4.